The van der Waals surface area contributed by atoms with Gasteiger partial charge in [-0.25, -0.2) is 4.98 Å². The molecule has 104 valence electrons. The van der Waals surface area contributed by atoms with E-state index in [1.54, 1.807) is 18.3 Å². The third-order valence-electron chi connectivity index (χ3n) is 3.45. The maximum Gasteiger partial charge on any atom is 0.253 e. The molecule has 1 saturated heterocycles. The summed E-state index contributed by atoms with van der Waals surface area (Å²) in [5, 5.41) is 3.10. The first-order valence-corrected chi connectivity index (χ1v) is 7.63. The molecule has 0 atom stereocenters. The van der Waals surface area contributed by atoms with Gasteiger partial charge in [-0.2, -0.15) is 0 Å². The SMILES string of the molecule is CCCN1CCC(NC(=O)c2ccc(Br)nc2)CC1. The lowest BCUT2D eigenvalue weighted by Gasteiger charge is -2.32. The summed E-state index contributed by atoms with van der Waals surface area (Å²) in [6.45, 7) is 5.53. The lowest BCUT2D eigenvalue weighted by atomic mass is 10.0. The van der Waals surface area contributed by atoms with E-state index in [2.05, 4.69) is 38.1 Å². The molecule has 1 fully saturated rings. The number of carbonyl (C=O) groups excluding carboxylic acids is 1. The number of carbonyl (C=O) groups is 1. The molecule has 0 bridgehead atoms. The smallest absolute Gasteiger partial charge is 0.253 e. The van der Waals surface area contributed by atoms with Gasteiger partial charge in [-0.3, -0.25) is 4.79 Å². The van der Waals surface area contributed by atoms with E-state index in [0.29, 0.717) is 11.6 Å². The Morgan fingerprint density at radius 3 is 2.79 bits per heavy atom. The van der Waals surface area contributed by atoms with Gasteiger partial charge in [0.2, 0.25) is 0 Å². The summed E-state index contributed by atoms with van der Waals surface area (Å²) in [4.78, 5) is 18.6. The van der Waals surface area contributed by atoms with Crippen LogP contribution in [0, 0.1) is 0 Å². The molecule has 1 N–H and O–H groups in total. The van der Waals surface area contributed by atoms with Crippen molar-refractivity contribution in [2.45, 2.75) is 32.2 Å². The van der Waals surface area contributed by atoms with Crippen LogP contribution in [0.4, 0.5) is 0 Å². The summed E-state index contributed by atoms with van der Waals surface area (Å²) in [7, 11) is 0. The summed E-state index contributed by atoms with van der Waals surface area (Å²) < 4.78 is 0.747. The van der Waals surface area contributed by atoms with E-state index in [1.807, 2.05) is 0 Å². The Balaban J connectivity index is 1.82. The Morgan fingerprint density at radius 2 is 2.21 bits per heavy atom. The topological polar surface area (TPSA) is 45.2 Å². The minimum Gasteiger partial charge on any atom is -0.349 e. The molecule has 1 aliphatic rings. The number of pyridine rings is 1. The predicted octanol–water partition coefficient (Wildman–Crippen LogP) is 2.45. The van der Waals surface area contributed by atoms with Crippen molar-refractivity contribution < 1.29 is 4.79 Å². The summed E-state index contributed by atoms with van der Waals surface area (Å²) in [6.07, 6.45) is 4.87. The van der Waals surface area contributed by atoms with Crippen LogP contribution in [0.3, 0.4) is 0 Å². The van der Waals surface area contributed by atoms with Crippen LogP contribution in [0.1, 0.15) is 36.5 Å². The molecule has 1 aliphatic heterocycles. The lowest BCUT2D eigenvalue weighted by Crippen LogP contribution is -2.44. The Bertz CT molecular complexity index is 413. The molecule has 2 heterocycles. The molecule has 0 unspecified atom stereocenters. The number of aromatic nitrogens is 1. The highest BCUT2D eigenvalue weighted by atomic mass is 79.9. The zero-order valence-corrected chi connectivity index (χ0v) is 12.8. The Morgan fingerprint density at radius 1 is 1.47 bits per heavy atom. The number of nitrogens with zero attached hydrogens (tertiary/aromatic N) is 2. The quantitative estimate of drug-likeness (QED) is 0.865. The van der Waals surface area contributed by atoms with E-state index < -0.39 is 0 Å². The third-order valence-corrected chi connectivity index (χ3v) is 3.92. The number of hydrogen-bond donors (Lipinski definition) is 1. The monoisotopic (exact) mass is 325 g/mol. The van der Waals surface area contributed by atoms with E-state index in [4.69, 9.17) is 0 Å². The standard InChI is InChI=1S/C14H20BrN3O/c1-2-7-18-8-5-12(6-9-18)17-14(19)11-3-4-13(15)16-10-11/h3-4,10,12H,2,5-9H2,1H3,(H,17,19). The number of amides is 1. The highest BCUT2D eigenvalue weighted by Gasteiger charge is 2.20. The van der Waals surface area contributed by atoms with Gasteiger partial charge in [0.25, 0.3) is 5.91 Å². The molecule has 0 radical (unpaired) electrons. The van der Waals surface area contributed by atoms with Crippen molar-refractivity contribution in [2.75, 3.05) is 19.6 Å². The highest BCUT2D eigenvalue weighted by Crippen LogP contribution is 2.12. The molecule has 1 amide bonds. The van der Waals surface area contributed by atoms with Gasteiger partial charge in [0.1, 0.15) is 4.60 Å². The van der Waals surface area contributed by atoms with Gasteiger partial charge >= 0.3 is 0 Å². The fraction of sp³-hybridized carbons (Fsp3) is 0.571. The second kappa shape index (κ2) is 7.01. The van der Waals surface area contributed by atoms with Crippen LogP contribution >= 0.6 is 15.9 Å². The molecule has 0 saturated carbocycles. The normalized spacial score (nSPS) is 17.4. The zero-order valence-electron chi connectivity index (χ0n) is 11.2. The summed E-state index contributed by atoms with van der Waals surface area (Å²) >= 11 is 3.27. The van der Waals surface area contributed by atoms with E-state index in [0.717, 1.165) is 37.1 Å². The Hall–Kier alpha value is -0.940. The van der Waals surface area contributed by atoms with E-state index in [-0.39, 0.29) is 5.91 Å². The van der Waals surface area contributed by atoms with Crippen molar-refractivity contribution in [1.82, 2.24) is 15.2 Å². The number of halogens is 1. The average molecular weight is 326 g/mol. The van der Waals surface area contributed by atoms with Crippen LogP contribution in [-0.4, -0.2) is 41.5 Å². The van der Waals surface area contributed by atoms with Crippen LogP contribution in [-0.2, 0) is 0 Å². The van der Waals surface area contributed by atoms with Gasteiger partial charge in [0, 0.05) is 25.3 Å². The number of piperidine rings is 1. The first-order valence-electron chi connectivity index (χ1n) is 6.84. The Kier molecular flexibility index (Phi) is 5.34. The van der Waals surface area contributed by atoms with Gasteiger partial charge in [0.15, 0.2) is 0 Å². The highest BCUT2D eigenvalue weighted by molar-refractivity contribution is 9.10. The van der Waals surface area contributed by atoms with Crippen LogP contribution in [0.15, 0.2) is 22.9 Å². The fourth-order valence-corrected chi connectivity index (χ4v) is 2.63. The number of nitrogens with one attached hydrogen (secondary N) is 1. The molecule has 1 aromatic rings. The molecular weight excluding hydrogens is 306 g/mol. The van der Waals surface area contributed by atoms with Crippen LogP contribution in [0.2, 0.25) is 0 Å². The molecule has 1 aromatic heterocycles. The van der Waals surface area contributed by atoms with Gasteiger partial charge in [0.05, 0.1) is 5.56 Å². The van der Waals surface area contributed by atoms with Crippen LogP contribution in [0.5, 0.6) is 0 Å². The average Bonchev–Trinajstić information content (AvgIpc) is 2.42. The van der Waals surface area contributed by atoms with Crippen molar-refractivity contribution in [1.29, 1.82) is 0 Å². The maximum atomic E-state index is 12.1. The molecule has 0 aromatic carbocycles. The minimum absolute atomic E-state index is 0.0195. The van der Waals surface area contributed by atoms with Crippen molar-refractivity contribution in [3.63, 3.8) is 0 Å². The van der Waals surface area contributed by atoms with Gasteiger partial charge in [-0.05, 0) is 53.9 Å². The molecule has 5 heteroatoms. The minimum atomic E-state index is -0.0195. The first kappa shape index (κ1) is 14.5. The van der Waals surface area contributed by atoms with Crippen molar-refractivity contribution in [3.8, 4) is 0 Å². The summed E-state index contributed by atoms with van der Waals surface area (Å²) in [6, 6.07) is 3.88. The molecule has 0 aliphatic carbocycles. The second-order valence-electron chi connectivity index (χ2n) is 4.96. The maximum absolute atomic E-state index is 12.1. The third kappa shape index (κ3) is 4.28. The number of rotatable bonds is 4. The van der Waals surface area contributed by atoms with Crippen molar-refractivity contribution >= 4 is 21.8 Å². The fourth-order valence-electron chi connectivity index (χ4n) is 2.40. The van der Waals surface area contributed by atoms with Gasteiger partial charge in [-0.15, -0.1) is 0 Å². The molecule has 2 rings (SSSR count). The predicted molar refractivity (Wildman–Crippen MR) is 79.2 cm³/mol. The lowest BCUT2D eigenvalue weighted by molar-refractivity contribution is 0.0911. The van der Waals surface area contributed by atoms with Crippen LogP contribution in [0.25, 0.3) is 0 Å². The Labute approximate surface area is 122 Å². The first-order chi connectivity index (χ1) is 9.19. The van der Waals surface area contributed by atoms with Crippen LogP contribution < -0.4 is 5.32 Å². The summed E-state index contributed by atoms with van der Waals surface area (Å²) in [5.74, 6) is -0.0195. The second-order valence-corrected chi connectivity index (χ2v) is 5.77. The van der Waals surface area contributed by atoms with E-state index >= 15 is 0 Å². The molecular formula is C14H20BrN3O. The van der Waals surface area contributed by atoms with Crippen molar-refractivity contribution in [3.05, 3.63) is 28.5 Å². The van der Waals surface area contributed by atoms with Gasteiger partial charge < -0.3 is 10.2 Å². The largest absolute Gasteiger partial charge is 0.349 e. The molecule has 4 nitrogen and oxygen atoms in total. The summed E-state index contributed by atoms with van der Waals surface area (Å²) in [5.41, 5.74) is 0.624. The number of likely N-dealkylation sites (tertiary alicyclic amines) is 1. The zero-order chi connectivity index (χ0) is 13.7. The van der Waals surface area contributed by atoms with E-state index in [9.17, 15) is 4.79 Å². The van der Waals surface area contributed by atoms with Crippen molar-refractivity contribution in [2.24, 2.45) is 0 Å². The number of hydrogen-bond acceptors (Lipinski definition) is 3. The van der Waals surface area contributed by atoms with Gasteiger partial charge in [-0.1, -0.05) is 6.92 Å². The van der Waals surface area contributed by atoms with E-state index in [1.165, 1.54) is 6.42 Å². The molecule has 0 spiro atoms. The molecule has 19 heavy (non-hydrogen) atoms.